The fourth-order valence-corrected chi connectivity index (χ4v) is 4.02. The van der Waals surface area contributed by atoms with Crippen molar-refractivity contribution in [2.24, 2.45) is 0 Å². The molecule has 0 saturated heterocycles. The van der Waals surface area contributed by atoms with Crippen molar-refractivity contribution in [3.05, 3.63) is 79.4 Å². The largest absolute Gasteiger partial charge is 0.503 e. The molecule has 4 aromatic rings. The first kappa shape index (κ1) is 22.7. The van der Waals surface area contributed by atoms with Crippen molar-refractivity contribution in [2.45, 2.75) is 0 Å². The molecule has 2 aromatic heterocycles. The van der Waals surface area contributed by atoms with Crippen LogP contribution in [0, 0.1) is 0 Å². The van der Waals surface area contributed by atoms with Crippen molar-refractivity contribution >= 4 is 11.4 Å². The number of aromatic nitrogens is 5. The van der Waals surface area contributed by atoms with Crippen LogP contribution in [0.5, 0.6) is 35.0 Å². The third-order valence-electron chi connectivity index (χ3n) is 5.82. The number of ether oxygens (including phenoxy) is 2. The SMILES string of the molecule is Nc1cccc(-c2cc(O)c(Oc3ncnc(Oc4[nH]c(-c5cccc(N)c5)cc4O)c4cncc3-4)[nH]2)c1. The zero-order valence-corrected chi connectivity index (χ0v) is 19.7. The fourth-order valence-electron chi connectivity index (χ4n) is 4.02. The van der Waals surface area contributed by atoms with E-state index in [0.717, 1.165) is 11.1 Å². The number of anilines is 2. The second-order valence-electron chi connectivity index (χ2n) is 8.47. The number of aromatic hydroxyl groups is 2. The molecule has 0 spiro atoms. The summed E-state index contributed by atoms with van der Waals surface area (Å²) in [6.45, 7) is 0. The highest BCUT2D eigenvalue weighted by Gasteiger charge is 2.22. The van der Waals surface area contributed by atoms with E-state index < -0.39 is 0 Å². The van der Waals surface area contributed by atoms with Crippen LogP contribution in [0.2, 0.25) is 0 Å². The summed E-state index contributed by atoms with van der Waals surface area (Å²) in [5.74, 6) is 0.204. The Morgan fingerprint density at radius 3 is 1.58 bits per heavy atom. The van der Waals surface area contributed by atoms with Crippen molar-refractivity contribution in [2.75, 3.05) is 11.5 Å². The smallest absolute Gasteiger partial charge is 0.242 e. The third kappa shape index (κ3) is 4.24. The van der Waals surface area contributed by atoms with Gasteiger partial charge in [0.15, 0.2) is 11.5 Å². The Kier molecular flexibility index (Phi) is 5.42. The average molecular weight is 508 g/mol. The first-order valence-electron chi connectivity index (χ1n) is 11.4. The summed E-state index contributed by atoms with van der Waals surface area (Å²) in [5.41, 5.74) is 16.7. The monoisotopic (exact) mass is 507 g/mol. The van der Waals surface area contributed by atoms with Crippen LogP contribution in [0.1, 0.15) is 0 Å². The van der Waals surface area contributed by atoms with Crippen molar-refractivity contribution in [3.63, 3.8) is 0 Å². The minimum atomic E-state index is -0.113. The second kappa shape index (κ2) is 9.06. The molecule has 188 valence electrons. The molecule has 0 aliphatic carbocycles. The van der Waals surface area contributed by atoms with Crippen molar-refractivity contribution < 1.29 is 19.7 Å². The third-order valence-corrected chi connectivity index (χ3v) is 5.82. The molecule has 0 unspecified atom stereocenters. The van der Waals surface area contributed by atoms with E-state index in [4.69, 9.17) is 20.9 Å². The van der Waals surface area contributed by atoms with Crippen molar-refractivity contribution in [1.29, 1.82) is 0 Å². The molecule has 0 radical (unpaired) electrons. The molecule has 2 aliphatic heterocycles. The van der Waals surface area contributed by atoms with Crippen LogP contribution in [0.3, 0.4) is 0 Å². The lowest BCUT2D eigenvalue weighted by atomic mass is 10.1. The zero-order valence-electron chi connectivity index (χ0n) is 19.7. The van der Waals surface area contributed by atoms with Gasteiger partial charge >= 0.3 is 0 Å². The van der Waals surface area contributed by atoms with E-state index in [1.165, 1.54) is 30.9 Å². The molecule has 2 aliphatic rings. The molecule has 6 rings (SSSR count). The van der Waals surface area contributed by atoms with E-state index in [9.17, 15) is 10.2 Å². The summed E-state index contributed by atoms with van der Waals surface area (Å²) in [7, 11) is 0. The van der Waals surface area contributed by atoms with E-state index in [0.29, 0.717) is 33.9 Å². The molecule has 11 nitrogen and oxygen atoms in total. The van der Waals surface area contributed by atoms with E-state index in [1.807, 2.05) is 24.3 Å². The molecule has 4 heterocycles. The van der Waals surface area contributed by atoms with Gasteiger partial charge in [0.1, 0.15) is 6.33 Å². The van der Waals surface area contributed by atoms with Gasteiger partial charge in [-0.25, -0.2) is 9.97 Å². The van der Waals surface area contributed by atoms with Gasteiger partial charge in [0.25, 0.3) is 0 Å². The number of rotatable bonds is 6. The summed E-state index contributed by atoms with van der Waals surface area (Å²) in [6, 6.07) is 17.5. The predicted molar refractivity (Wildman–Crippen MR) is 141 cm³/mol. The minimum absolute atomic E-state index is 0.0832. The standard InChI is InChI=1S/C27H21N7O4/c28-16-5-1-3-14(7-16)20-9-22(35)26(33-20)37-24-18-11-30-12-19(18)25(32-13-31-24)38-27-23(36)10-21(34-27)15-4-2-6-17(29)8-15/h1-13,33-36H,28-29H2. The molecule has 0 saturated carbocycles. The fraction of sp³-hybridized carbons (Fsp3) is 0. The van der Waals surface area contributed by atoms with E-state index in [1.54, 1.807) is 24.3 Å². The Labute approximate surface area is 215 Å². The van der Waals surface area contributed by atoms with Gasteiger partial charge in [-0.3, -0.25) is 4.98 Å². The van der Waals surface area contributed by atoms with Crippen LogP contribution in [0.15, 0.2) is 79.4 Å². The van der Waals surface area contributed by atoms with E-state index >= 15 is 0 Å². The van der Waals surface area contributed by atoms with E-state index in [-0.39, 0.29) is 35.0 Å². The predicted octanol–water partition coefficient (Wildman–Crippen LogP) is 5.13. The molecule has 0 amide bonds. The van der Waals surface area contributed by atoms with Gasteiger partial charge in [-0.1, -0.05) is 24.3 Å². The van der Waals surface area contributed by atoms with Gasteiger partial charge in [0.2, 0.25) is 23.5 Å². The number of benzene rings is 2. The van der Waals surface area contributed by atoms with Gasteiger partial charge in [-0.05, 0) is 24.3 Å². The number of nitrogens with two attached hydrogens (primary N) is 2. The molecule has 8 N–H and O–H groups in total. The topological polar surface area (TPSA) is 181 Å². The van der Waals surface area contributed by atoms with Crippen LogP contribution in [-0.4, -0.2) is 35.1 Å². The quantitative estimate of drug-likeness (QED) is 0.167. The zero-order chi connectivity index (χ0) is 26.2. The first-order valence-corrected chi connectivity index (χ1v) is 11.4. The lowest BCUT2D eigenvalue weighted by Crippen LogP contribution is -1.90. The lowest BCUT2D eigenvalue weighted by molar-refractivity contribution is 0.396. The average Bonchev–Trinajstić information content (AvgIpc) is 3.59. The van der Waals surface area contributed by atoms with Crippen LogP contribution < -0.4 is 20.9 Å². The van der Waals surface area contributed by atoms with Gasteiger partial charge in [-0.2, -0.15) is 0 Å². The number of aromatic amines is 2. The maximum atomic E-state index is 10.5. The molecular formula is C27H21N7O4. The van der Waals surface area contributed by atoms with E-state index in [2.05, 4.69) is 24.9 Å². The van der Waals surface area contributed by atoms with Crippen molar-refractivity contribution in [3.8, 4) is 68.7 Å². The Balaban J connectivity index is 1.29. The number of hydrogen-bond acceptors (Lipinski definition) is 9. The molecule has 0 bridgehead atoms. The highest BCUT2D eigenvalue weighted by atomic mass is 16.5. The molecule has 0 fully saturated rings. The summed E-state index contributed by atoms with van der Waals surface area (Å²) < 4.78 is 11.8. The van der Waals surface area contributed by atoms with Crippen LogP contribution in [-0.2, 0) is 0 Å². The Bertz CT molecular complexity index is 1620. The second-order valence-corrected chi connectivity index (χ2v) is 8.47. The molecule has 0 atom stereocenters. The highest BCUT2D eigenvalue weighted by Crippen LogP contribution is 2.42. The molecular weight excluding hydrogens is 486 g/mol. The normalized spacial score (nSPS) is 11.1. The summed E-state index contributed by atoms with van der Waals surface area (Å²) in [4.78, 5) is 18.8. The first-order chi connectivity index (χ1) is 18.4. The molecule has 38 heavy (non-hydrogen) atoms. The summed E-state index contributed by atoms with van der Waals surface area (Å²) >= 11 is 0. The Morgan fingerprint density at radius 2 is 1.13 bits per heavy atom. The number of nitrogens with one attached hydrogen (secondary N) is 2. The number of fused-ring (bicyclic) bond motifs is 1. The Morgan fingerprint density at radius 1 is 0.658 bits per heavy atom. The minimum Gasteiger partial charge on any atom is -0.503 e. The number of nitrogens with zero attached hydrogens (tertiary/aromatic N) is 3. The summed E-state index contributed by atoms with van der Waals surface area (Å²) in [6.07, 6.45) is 4.33. The molecule has 11 heteroatoms. The van der Waals surface area contributed by atoms with Crippen LogP contribution >= 0.6 is 0 Å². The van der Waals surface area contributed by atoms with Gasteiger partial charge in [0, 0.05) is 47.0 Å². The number of H-pyrrole nitrogens is 2. The Hall–Kier alpha value is -5.71. The maximum absolute atomic E-state index is 10.5. The number of nitrogen functional groups attached to an aromatic ring is 2. The van der Waals surface area contributed by atoms with Gasteiger partial charge < -0.3 is 41.1 Å². The van der Waals surface area contributed by atoms with Crippen LogP contribution in [0.4, 0.5) is 11.4 Å². The van der Waals surface area contributed by atoms with Gasteiger partial charge in [0.05, 0.1) is 22.5 Å². The summed E-state index contributed by atoms with van der Waals surface area (Å²) in [5, 5.41) is 21.0. The lowest BCUT2D eigenvalue weighted by Gasteiger charge is -2.06. The maximum Gasteiger partial charge on any atom is 0.242 e. The van der Waals surface area contributed by atoms with Crippen LogP contribution in [0.25, 0.3) is 33.6 Å². The van der Waals surface area contributed by atoms with Gasteiger partial charge in [-0.15, -0.1) is 0 Å². The molecule has 2 aromatic carbocycles. The highest BCUT2D eigenvalue weighted by molar-refractivity contribution is 5.74. The van der Waals surface area contributed by atoms with Crippen molar-refractivity contribution in [1.82, 2.24) is 24.9 Å². The number of hydrogen-bond donors (Lipinski definition) is 6.